The Kier molecular flexibility index (Phi) is 4.09. The van der Waals surface area contributed by atoms with Gasteiger partial charge in [0.25, 0.3) is 0 Å². The van der Waals surface area contributed by atoms with Gasteiger partial charge in [0, 0.05) is 11.0 Å². The first-order chi connectivity index (χ1) is 8.13. The zero-order valence-electron chi connectivity index (χ0n) is 9.43. The van der Waals surface area contributed by atoms with Gasteiger partial charge in [-0.2, -0.15) is 0 Å². The van der Waals surface area contributed by atoms with E-state index < -0.39 is 0 Å². The van der Waals surface area contributed by atoms with Crippen LogP contribution in [0, 0.1) is 0 Å². The van der Waals surface area contributed by atoms with E-state index in [9.17, 15) is 0 Å². The van der Waals surface area contributed by atoms with Gasteiger partial charge in [0.15, 0.2) is 0 Å². The molecule has 2 rings (SSSR count). The fraction of sp³-hybridized carbons (Fsp3) is 0.273. The Labute approximate surface area is 113 Å². The fourth-order valence-electron chi connectivity index (χ4n) is 1.56. The molecule has 17 heavy (non-hydrogen) atoms. The summed E-state index contributed by atoms with van der Waals surface area (Å²) in [6, 6.07) is 8.28. The number of nitrogens with two attached hydrogens (primary N) is 1. The van der Waals surface area contributed by atoms with Crippen LogP contribution < -0.4 is 5.73 Å². The highest BCUT2D eigenvalue weighted by atomic mass is 79.9. The molecule has 0 bridgehead atoms. The molecule has 1 aromatic carbocycles. The summed E-state index contributed by atoms with van der Waals surface area (Å²) in [5.41, 5.74) is 6.81. The van der Waals surface area contributed by atoms with Crippen LogP contribution >= 0.6 is 27.3 Å². The molecule has 0 saturated heterocycles. The summed E-state index contributed by atoms with van der Waals surface area (Å²) in [4.78, 5) is 2.18. The summed E-state index contributed by atoms with van der Waals surface area (Å²) in [5.74, 6) is 0. The third kappa shape index (κ3) is 3.76. The Morgan fingerprint density at radius 1 is 1.35 bits per heavy atom. The Morgan fingerprint density at radius 3 is 2.82 bits per heavy atom. The summed E-state index contributed by atoms with van der Waals surface area (Å²) in [7, 11) is 2.05. The van der Waals surface area contributed by atoms with Crippen molar-refractivity contribution in [1.82, 2.24) is 15.1 Å². The van der Waals surface area contributed by atoms with Gasteiger partial charge in [-0.3, -0.25) is 4.90 Å². The van der Waals surface area contributed by atoms with Gasteiger partial charge in [-0.1, -0.05) is 39.4 Å². The predicted octanol–water partition coefficient (Wildman–Crippen LogP) is 2.51. The standard InChI is InChI=1S/C11H13BrN4S/c1-16(7-10-14-15-11(13)17-10)6-8-3-2-4-9(12)5-8/h2-5H,6-7H2,1H3,(H2,13,15). The van der Waals surface area contributed by atoms with Crippen LogP contribution in [0.5, 0.6) is 0 Å². The first kappa shape index (κ1) is 12.5. The number of hydrogen-bond acceptors (Lipinski definition) is 5. The van der Waals surface area contributed by atoms with Crippen LogP contribution in [0.2, 0.25) is 0 Å². The smallest absolute Gasteiger partial charge is 0.203 e. The summed E-state index contributed by atoms with van der Waals surface area (Å²) >= 11 is 4.90. The maximum absolute atomic E-state index is 5.55. The van der Waals surface area contributed by atoms with E-state index in [1.54, 1.807) is 0 Å². The van der Waals surface area contributed by atoms with Crippen molar-refractivity contribution in [3.05, 3.63) is 39.3 Å². The van der Waals surface area contributed by atoms with Gasteiger partial charge in [-0.05, 0) is 24.7 Å². The molecule has 0 aliphatic carbocycles. The zero-order chi connectivity index (χ0) is 12.3. The lowest BCUT2D eigenvalue weighted by molar-refractivity contribution is 0.317. The van der Waals surface area contributed by atoms with Crippen LogP contribution in [0.4, 0.5) is 5.13 Å². The number of hydrogen-bond donors (Lipinski definition) is 1. The van der Waals surface area contributed by atoms with Gasteiger partial charge in [-0.25, -0.2) is 0 Å². The first-order valence-electron chi connectivity index (χ1n) is 5.14. The highest BCUT2D eigenvalue weighted by molar-refractivity contribution is 9.10. The highest BCUT2D eigenvalue weighted by Crippen LogP contribution is 2.16. The Hall–Kier alpha value is -0.980. The van der Waals surface area contributed by atoms with Crippen LogP contribution in [0.15, 0.2) is 28.7 Å². The number of nitrogens with zero attached hydrogens (tertiary/aromatic N) is 3. The third-order valence-corrected chi connectivity index (χ3v) is 3.46. The molecule has 6 heteroatoms. The third-order valence-electron chi connectivity index (χ3n) is 2.23. The largest absolute Gasteiger partial charge is 0.374 e. The monoisotopic (exact) mass is 312 g/mol. The molecular weight excluding hydrogens is 300 g/mol. The number of aromatic nitrogens is 2. The average molecular weight is 313 g/mol. The minimum Gasteiger partial charge on any atom is -0.374 e. The number of halogens is 1. The van der Waals surface area contributed by atoms with Crippen LogP contribution in [0.1, 0.15) is 10.6 Å². The molecule has 90 valence electrons. The van der Waals surface area contributed by atoms with Crippen LogP contribution in [-0.4, -0.2) is 22.1 Å². The van der Waals surface area contributed by atoms with Crippen molar-refractivity contribution in [2.24, 2.45) is 0 Å². The van der Waals surface area contributed by atoms with E-state index in [1.807, 2.05) is 12.1 Å². The SMILES string of the molecule is CN(Cc1cccc(Br)c1)Cc1nnc(N)s1. The molecule has 0 amide bonds. The average Bonchev–Trinajstić information content (AvgIpc) is 2.63. The number of anilines is 1. The van der Waals surface area contributed by atoms with Crippen LogP contribution in [-0.2, 0) is 13.1 Å². The lowest BCUT2D eigenvalue weighted by atomic mass is 10.2. The molecule has 0 atom stereocenters. The molecule has 1 aromatic heterocycles. The van der Waals surface area contributed by atoms with E-state index in [4.69, 9.17) is 5.73 Å². The van der Waals surface area contributed by atoms with Gasteiger partial charge in [-0.15, -0.1) is 10.2 Å². The van der Waals surface area contributed by atoms with Gasteiger partial charge >= 0.3 is 0 Å². The zero-order valence-corrected chi connectivity index (χ0v) is 11.8. The highest BCUT2D eigenvalue weighted by Gasteiger charge is 2.06. The quantitative estimate of drug-likeness (QED) is 0.942. The molecule has 4 nitrogen and oxygen atoms in total. The maximum Gasteiger partial charge on any atom is 0.203 e. The molecule has 2 aromatic rings. The molecule has 1 heterocycles. The Balaban J connectivity index is 1.95. The lowest BCUT2D eigenvalue weighted by Crippen LogP contribution is -2.17. The second-order valence-electron chi connectivity index (χ2n) is 3.84. The first-order valence-corrected chi connectivity index (χ1v) is 6.75. The van der Waals surface area contributed by atoms with Crippen molar-refractivity contribution >= 4 is 32.4 Å². The maximum atomic E-state index is 5.55. The van der Waals surface area contributed by atoms with Gasteiger partial charge in [0.1, 0.15) is 5.01 Å². The molecule has 2 N–H and O–H groups in total. The molecule has 0 aliphatic rings. The molecular formula is C11H13BrN4S. The van der Waals surface area contributed by atoms with E-state index >= 15 is 0 Å². The van der Waals surface area contributed by atoms with E-state index in [2.05, 4.69) is 50.2 Å². The Bertz CT molecular complexity index is 500. The normalized spacial score (nSPS) is 11.0. The van der Waals surface area contributed by atoms with Gasteiger partial charge < -0.3 is 5.73 Å². The van der Waals surface area contributed by atoms with Gasteiger partial charge in [0.2, 0.25) is 5.13 Å². The molecule has 0 radical (unpaired) electrons. The summed E-state index contributed by atoms with van der Waals surface area (Å²) < 4.78 is 1.10. The minimum absolute atomic E-state index is 0.524. The molecule has 0 aliphatic heterocycles. The summed E-state index contributed by atoms with van der Waals surface area (Å²) in [5, 5.41) is 9.28. The molecule has 0 unspecified atom stereocenters. The van der Waals surface area contributed by atoms with E-state index in [0.29, 0.717) is 5.13 Å². The van der Waals surface area contributed by atoms with Crippen molar-refractivity contribution in [2.75, 3.05) is 12.8 Å². The fourth-order valence-corrected chi connectivity index (χ4v) is 2.70. The van der Waals surface area contributed by atoms with Crippen LogP contribution in [0.3, 0.4) is 0 Å². The lowest BCUT2D eigenvalue weighted by Gasteiger charge is -2.14. The molecule has 0 spiro atoms. The predicted molar refractivity (Wildman–Crippen MR) is 73.6 cm³/mol. The van der Waals surface area contributed by atoms with Crippen molar-refractivity contribution in [2.45, 2.75) is 13.1 Å². The second kappa shape index (κ2) is 5.57. The van der Waals surface area contributed by atoms with Crippen LogP contribution in [0.25, 0.3) is 0 Å². The molecule has 0 fully saturated rings. The second-order valence-corrected chi connectivity index (χ2v) is 5.85. The van der Waals surface area contributed by atoms with Crippen molar-refractivity contribution in [3.8, 4) is 0 Å². The van der Waals surface area contributed by atoms with E-state index in [-0.39, 0.29) is 0 Å². The number of benzene rings is 1. The van der Waals surface area contributed by atoms with E-state index in [1.165, 1.54) is 16.9 Å². The Morgan fingerprint density at radius 2 is 2.18 bits per heavy atom. The minimum atomic E-state index is 0.524. The van der Waals surface area contributed by atoms with Crippen molar-refractivity contribution in [3.63, 3.8) is 0 Å². The number of rotatable bonds is 4. The summed E-state index contributed by atoms with van der Waals surface area (Å²) in [6.07, 6.45) is 0. The summed E-state index contributed by atoms with van der Waals surface area (Å²) in [6.45, 7) is 1.64. The topological polar surface area (TPSA) is 55.0 Å². The van der Waals surface area contributed by atoms with Crippen molar-refractivity contribution in [1.29, 1.82) is 0 Å². The van der Waals surface area contributed by atoms with Gasteiger partial charge in [0.05, 0.1) is 6.54 Å². The van der Waals surface area contributed by atoms with E-state index in [0.717, 1.165) is 22.6 Å². The molecule has 0 saturated carbocycles. The van der Waals surface area contributed by atoms with Crippen molar-refractivity contribution < 1.29 is 0 Å². The number of nitrogen functional groups attached to an aromatic ring is 1.